The highest BCUT2D eigenvalue weighted by atomic mass is 16.1. The molecule has 3 nitrogen and oxygen atoms in total. The standard InChI is InChI=1S/C11H12N2O/c1-3-4-5-6-11(14)10-8-12-9(2)7-13-10/h7-8H,5-6H2,1-2H3. The summed E-state index contributed by atoms with van der Waals surface area (Å²) in [5.41, 5.74) is 1.24. The monoisotopic (exact) mass is 188 g/mol. The number of aromatic nitrogens is 2. The molecule has 1 aromatic heterocycles. The van der Waals surface area contributed by atoms with Gasteiger partial charge in [0.25, 0.3) is 0 Å². The minimum Gasteiger partial charge on any atom is -0.292 e. The van der Waals surface area contributed by atoms with Gasteiger partial charge in [-0.15, -0.1) is 11.8 Å². The molecule has 0 amide bonds. The van der Waals surface area contributed by atoms with Crippen molar-refractivity contribution in [3.05, 3.63) is 23.8 Å². The van der Waals surface area contributed by atoms with Crippen LogP contribution in [0.15, 0.2) is 12.4 Å². The average molecular weight is 188 g/mol. The molecular formula is C11H12N2O. The van der Waals surface area contributed by atoms with Crippen LogP contribution in [0.2, 0.25) is 0 Å². The van der Waals surface area contributed by atoms with E-state index in [1.54, 1.807) is 13.1 Å². The van der Waals surface area contributed by atoms with Crippen molar-refractivity contribution in [2.75, 3.05) is 0 Å². The van der Waals surface area contributed by atoms with Crippen LogP contribution in [-0.4, -0.2) is 15.8 Å². The van der Waals surface area contributed by atoms with E-state index in [0.29, 0.717) is 18.5 Å². The molecule has 0 fully saturated rings. The van der Waals surface area contributed by atoms with Crippen molar-refractivity contribution in [1.82, 2.24) is 9.97 Å². The topological polar surface area (TPSA) is 42.9 Å². The highest BCUT2D eigenvalue weighted by molar-refractivity contribution is 5.93. The molecule has 0 bridgehead atoms. The molecule has 0 atom stereocenters. The zero-order valence-electron chi connectivity index (χ0n) is 8.37. The van der Waals surface area contributed by atoms with E-state index in [2.05, 4.69) is 21.8 Å². The number of hydrogen-bond donors (Lipinski definition) is 0. The highest BCUT2D eigenvalue weighted by Gasteiger charge is 2.05. The highest BCUT2D eigenvalue weighted by Crippen LogP contribution is 2.00. The molecule has 14 heavy (non-hydrogen) atoms. The molecule has 0 spiro atoms. The van der Waals surface area contributed by atoms with Crippen molar-refractivity contribution >= 4 is 5.78 Å². The molecule has 72 valence electrons. The molecule has 0 radical (unpaired) electrons. The lowest BCUT2D eigenvalue weighted by atomic mass is 10.2. The second-order valence-corrected chi connectivity index (χ2v) is 2.89. The molecule has 3 heteroatoms. The molecule has 1 rings (SSSR count). The number of carbonyl (C=O) groups is 1. The summed E-state index contributed by atoms with van der Waals surface area (Å²) >= 11 is 0. The van der Waals surface area contributed by atoms with Crippen molar-refractivity contribution in [3.8, 4) is 11.8 Å². The first kappa shape index (κ1) is 10.4. The molecular weight excluding hydrogens is 176 g/mol. The van der Waals surface area contributed by atoms with E-state index in [1.807, 2.05) is 6.92 Å². The van der Waals surface area contributed by atoms with Gasteiger partial charge in [-0.05, 0) is 13.8 Å². The van der Waals surface area contributed by atoms with E-state index in [9.17, 15) is 4.79 Å². The zero-order chi connectivity index (χ0) is 10.4. The third-order valence-corrected chi connectivity index (χ3v) is 1.72. The van der Waals surface area contributed by atoms with Gasteiger partial charge >= 0.3 is 0 Å². The minimum absolute atomic E-state index is 0.000231. The number of carbonyl (C=O) groups excluding carboxylic acids is 1. The molecule has 0 aromatic carbocycles. The van der Waals surface area contributed by atoms with Crippen LogP contribution < -0.4 is 0 Å². The van der Waals surface area contributed by atoms with Gasteiger partial charge < -0.3 is 0 Å². The normalized spacial score (nSPS) is 9.00. The Balaban J connectivity index is 2.59. The molecule has 0 unspecified atom stereocenters. The number of aryl methyl sites for hydroxylation is 1. The number of hydrogen-bond acceptors (Lipinski definition) is 3. The summed E-state index contributed by atoms with van der Waals surface area (Å²) in [5.74, 6) is 5.59. The van der Waals surface area contributed by atoms with Gasteiger partial charge in [0.1, 0.15) is 5.69 Å². The molecule has 0 N–H and O–H groups in total. The van der Waals surface area contributed by atoms with Crippen molar-refractivity contribution in [1.29, 1.82) is 0 Å². The van der Waals surface area contributed by atoms with Crippen molar-refractivity contribution in [2.45, 2.75) is 26.7 Å². The summed E-state index contributed by atoms with van der Waals surface area (Å²) in [6.45, 7) is 3.60. The predicted molar refractivity (Wildman–Crippen MR) is 53.8 cm³/mol. The average Bonchev–Trinajstić information content (AvgIpc) is 2.19. The van der Waals surface area contributed by atoms with E-state index in [-0.39, 0.29) is 5.78 Å². The first-order valence-electron chi connectivity index (χ1n) is 4.45. The molecule has 1 aromatic rings. The number of ketones is 1. The van der Waals surface area contributed by atoms with Crippen LogP contribution in [0, 0.1) is 18.8 Å². The Morgan fingerprint density at radius 3 is 2.79 bits per heavy atom. The lowest BCUT2D eigenvalue weighted by Gasteiger charge is -1.96. The minimum atomic E-state index is 0.000231. The third kappa shape index (κ3) is 2.98. The maximum absolute atomic E-state index is 11.5. The van der Waals surface area contributed by atoms with Gasteiger partial charge in [-0.3, -0.25) is 9.78 Å². The van der Waals surface area contributed by atoms with Crippen LogP contribution >= 0.6 is 0 Å². The summed E-state index contributed by atoms with van der Waals surface area (Å²) < 4.78 is 0. The summed E-state index contributed by atoms with van der Waals surface area (Å²) in [6, 6.07) is 0. The lowest BCUT2D eigenvalue weighted by Crippen LogP contribution is -2.02. The van der Waals surface area contributed by atoms with Crippen LogP contribution in [0.25, 0.3) is 0 Å². The molecule has 0 saturated heterocycles. The Hall–Kier alpha value is -1.69. The molecule has 0 saturated carbocycles. The van der Waals surface area contributed by atoms with Crippen LogP contribution in [0.5, 0.6) is 0 Å². The van der Waals surface area contributed by atoms with E-state index < -0.39 is 0 Å². The number of nitrogens with zero attached hydrogens (tertiary/aromatic N) is 2. The van der Waals surface area contributed by atoms with Gasteiger partial charge in [-0.2, -0.15) is 0 Å². The Morgan fingerprint density at radius 1 is 1.43 bits per heavy atom. The van der Waals surface area contributed by atoms with Crippen molar-refractivity contribution in [2.24, 2.45) is 0 Å². The quantitative estimate of drug-likeness (QED) is 0.536. The maximum Gasteiger partial charge on any atom is 0.183 e. The summed E-state index contributed by atoms with van der Waals surface area (Å²) in [4.78, 5) is 19.5. The first-order valence-corrected chi connectivity index (χ1v) is 4.45. The predicted octanol–water partition coefficient (Wildman–Crippen LogP) is 1.77. The maximum atomic E-state index is 11.5. The second-order valence-electron chi connectivity index (χ2n) is 2.89. The van der Waals surface area contributed by atoms with Gasteiger partial charge in [0.05, 0.1) is 11.9 Å². The SMILES string of the molecule is CC#CCCC(=O)c1cnc(C)cn1. The van der Waals surface area contributed by atoms with Crippen LogP contribution in [0.3, 0.4) is 0 Å². The fourth-order valence-corrected chi connectivity index (χ4v) is 0.966. The fraction of sp³-hybridized carbons (Fsp3) is 0.364. The largest absolute Gasteiger partial charge is 0.292 e. The van der Waals surface area contributed by atoms with Crippen LogP contribution in [0.4, 0.5) is 0 Å². The zero-order valence-corrected chi connectivity index (χ0v) is 8.37. The van der Waals surface area contributed by atoms with Crippen LogP contribution in [0.1, 0.15) is 35.9 Å². The summed E-state index contributed by atoms with van der Waals surface area (Å²) in [6.07, 6.45) is 4.11. The Bertz CT molecular complexity index is 371. The Morgan fingerprint density at radius 2 is 2.21 bits per heavy atom. The van der Waals surface area contributed by atoms with Gasteiger partial charge in [0.15, 0.2) is 5.78 Å². The van der Waals surface area contributed by atoms with Gasteiger partial charge in [0, 0.05) is 19.0 Å². The first-order chi connectivity index (χ1) is 6.74. The Kier molecular flexibility index (Phi) is 3.81. The van der Waals surface area contributed by atoms with Crippen LogP contribution in [-0.2, 0) is 0 Å². The van der Waals surface area contributed by atoms with Gasteiger partial charge in [-0.1, -0.05) is 0 Å². The number of rotatable bonds is 3. The number of Topliss-reactive ketones (excluding diaryl/α,β-unsaturated/α-hetero) is 1. The van der Waals surface area contributed by atoms with Gasteiger partial charge in [-0.25, -0.2) is 4.98 Å². The molecule has 0 aliphatic carbocycles. The summed E-state index contributed by atoms with van der Waals surface area (Å²) in [5, 5.41) is 0. The van der Waals surface area contributed by atoms with E-state index in [1.165, 1.54) is 6.20 Å². The second kappa shape index (κ2) is 5.13. The molecule has 1 heterocycles. The van der Waals surface area contributed by atoms with Gasteiger partial charge in [0.2, 0.25) is 0 Å². The third-order valence-electron chi connectivity index (χ3n) is 1.72. The van der Waals surface area contributed by atoms with E-state index >= 15 is 0 Å². The van der Waals surface area contributed by atoms with E-state index in [0.717, 1.165) is 5.69 Å². The smallest absolute Gasteiger partial charge is 0.183 e. The lowest BCUT2D eigenvalue weighted by molar-refractivity contribution is 0.0979. The summed E-state index contributed by atoms with van der Waals surface area (Å²) in [7, 11) is 0. The van der Waals surface area contributed by atoms with Crippen molar-refractivity contribution < 1.29 is 4.79 Å². The fourth-order valence-electron chi connectivity index (χ4n) is 0.966. The molecule has 0 aliphatic rings. The Labute approximate surface area is 83.6 Å². The van der Waals surface area contributed by atoms with Crippen molar-refractivity contribution in [3.63, 3.8) is 0 Å². The van der Waals surface area contributed by atoms with E-state index in [4.69, 9.17) is 0 Å². The molecule has 0 aliphatic heterocycles.